The molecule has 0 aliphatic carbocycles. The van der Waals surface area contributed by atoms with Crippen LogP contribution in [0, 0.1) is 0 Å². The summed E-state index contributed by atoms with van der Waals surface area (Å²) >= 11 is 0. The van der Waals surface area contributed by atoms with Gasteiger partial charge in [-0.2, -0.15) is 0 Å². The van der Waals surface area contributed by atoms with E-state index in [9.17, 15) is 9.46 Å². The molecular weight excluding hydrogens is 299 g/mol. The van der Waals surface area contributed by atoms with E-state index in [1.807, 2.05) is 0 Å². The van der Waals surface area contributed by atoms with Gasteiger partial charge in [-0.05, 0) is 6.42 Å². The van der Waals surface area contributed by atoms with Gasteiger partial charge < -0.3 is 14.2 Å². The molecule has 0 saturated heterocycles. The first-order chi connectivity index (χ1) is 10.5. The normalized spacial score (nSPS) is 14.4. The second kappa shape index (κ2) is 14.7. The summed E-state index contributed by atoms with van der Waals surface area (Å²) in [6.07, 6.45) is 13.1. The second-order valence-electron chi connectivity index (χ2n) is 6.29. The first-order valence-corrected chi connectivity index (χ1v) is 10.7. The van der Waals surface area contributed by atoms with Gasteiger partial charge in [0.15, 0.2) is 0 Å². The summed E-state index contributed by atoms with van der Waals surface area (Å²) in [5.41, 5.74) is -0.352. The van der Waals surface area contributed by atoms with Crippen molar-refractivity contribution >= 4 is 7.60 Å². The molecule has 0 fully saturated rings. The summed E-state index contributed by atoms with van der Waals surface area (Å²) in [5.74, 6) is 0. The van der Waals surface area contributed by atoms with Gasteiger partial charge in [0.2, 0.25) is 0 Å². The van der Waals surface area contributed by atoms with Crippen LogP contribution in [0.4, 0.5) is 0 Å². The molecule has 1 N–H and O–H groups in total. The number of hydrogen-bond donors (Lipinski definition) is 1. The van der Waals surface area contributed by atoms with Crippen LogP contribution in [0.1, 0.15) is 85.0 Å². The predicted octanol–water partition coefficient (Wildman–Crippen LogP) is 5.53. The summed E-state index contributed by atoms with van der Waals surface area (Å²) in [5, 5.41) is 0. The van der Waals surface area contributed by atoms with Crippen LogP contribution in [-0.2, 0) is 13.8 Å². The number of unbranched alkanes of at least 4 members (excludes halogenated alkanes) is 9. The minimum Gasteiger partial charge on any atom is -0.379 e. The Morgan fingerprint density at radius 2 is 1.32 bits per heavy atom. The molecule has 0 aliphatic rings. The number of hydrogen-bond acceptors (Lipinski definition) is 3. The lowest BCUT2D eigenvalue weighted by Crippen LogP contribution is -2.08. The Morgan fingerprint density at radius 1 is 0.818 bits per heavy atom. The maximum Gasteiger partial charge on any atom is 0.330 e. The van der Waals surface area contributed by atoms with Gasteiger partial charge >= 0.3 is 7.60 Å². The van der Waals surface area contributed by atoms with Crippen molar-refractivity contribution in [3.05, 3.63) is 0 Å². The highest BCUT2D eigenvalue weighted by Gasteiger charge is 2.23. The molecule has 1 atom stereocenters. The quantitative estimate of drug-likeness (QED) is 0.297. The van der Waals surface area contributed by atoms with Gasteiger partial charge in [-0.3, -0.25) is 4.57 Å². The molecule has 0 aromatic heterocycles. The fourth-order valence-corrected chi connectivity index (χ4v) is 2.80. The van der Waals surface area contributed by atoms with Crippen LogP contribution >= 0.6 is 7.60 Å². The van der Waals surface area contributed by atoms with Gasteiger partial charge in [-0.25, -0.2) is 0 Å². The molecule has 0 heterocycles. The third kappa shape index (κ3) is 13.8. The first-order valence-electron chi connectivity index (χ1n) is 9.05. The minimum absolute atomic E-state index is 0.198. The monoisotopic (exact) mass is 336 g/mol. The fraction of sp³-hybridized carbons (Fsp3) is 1.00. The molecule has 0 radical (unpaired) electrons. The number of rotatable bonds is 16. The highest BCUT2D eigenvalue weighted by molar-refractivity contribution is 7.53. The van der Waals surface area contributed by atoms with Crippen molar-refractivity contribution in [2.45, 2.75) is 90.6 Å². The van der Waals surface area contributed by atoms with Gasteiger partial charge in [-0.15, -0.1) is 0 Å². The maximum atomic E-state index is 11.5. The SMILES string of the molecule is CCCCCCCCCCCCOCCOP(=O)(O)C(C)C. The molecule has 0 amide bonds. The third-order valence-electron chi connectivity index (χ3n) is 3.80. The molecular formula is C17H37O4P. The van der Waals surface area contributed by atoms with Crippen molar-refractivity contribution in [1.29, 1.82) is 0 Å². The lowest BCUT2D eigenvalue weighted by atomic mass is 10.1. The van der Waals surface area contributed by atoms with E-state index in [1.165, 1.54) is 57.8 Å². The van der Waals surface area contributed by atoms with Crippen molar-refractivity contribution in [2.75, 3.05) is 19.8 Å². The maximum absolute atomic E-state index is 11.5. The topological polar surface area (TPSA) is 55.8 Å². The Kier molecular flexibility index (Phi) is 14.8. The molecule has 0 rings (SSSR count). The molecule has 0 aromatic rings. The Morgan fingerprint density at radius 3 is 1.82 bits per heavy atom. The van der Waals surface area contributed by atoms with E-state index < -0.39 is 7.60 Å². The number of ether oxygens (including phenoxy) is 1. The van der Waals surface area contributed by atoms with Gasteiger partial charge in [0.1, 0.15) is 0 Å². The Balaban J connectivity index is 3.16. The molecule has 22 heavy (non-hydrogen) atoms. The summed E-state index contributed by atoms with van der Waals surface area (Å²) in [6.45, 7) is 6.94. The van der Waals surface area contributed by atoms with Gasteiger partial charge in [0.05, 0.1) is 18.9 Å². The average Bonchev–Trinajstić information content (AvgIpc) is 2.47. The zero-order chi connectivity index (χ0) is 16.7. The molecule has 0 saturated carbocycles. The zero-order valence-electron chi connectivity index (χ0n) is 14.9. The zero-order valence-corrected chi connectivity index (χ0v) is 15.8. The van der Waals surface area contributed by atoms with Gasteiger partial charge in [0.25, 0.3) is 0 Å². The lowest BCUT2D eigenvalue weighted by molar-refractivity contribution is 0.0918. The van der Waals surface area contributed by atoms with Crippen LogP contribution in [-0.4, -0.2) is 30.4 Å². The Bertz CT molecular complexity index is 282. The van der Waals surface area contributed by atoms with E-state index >= 15 is 0 Å². The molecule has 0 bridgehead atoms. The first kappa shape index (κ1) is 22.1. The van der Waals surface area contributed by atoms with Gasteiger partial charge in [-0.1, -0.05) is 78.6 Å². The van der Waals surface area contributed by atoms with E-state index in [4.69, 9.17) is 9.26 Å². The lowest BCUT2D eigenvalue weighted by Gasteiger charge is -2.15. The Hall–Kier alpha value is 0.110. The van der Waals surface area contributed by atoms with Gasteiger partial charge in [0, 0.05) is 6.61 Å². The minimum atomic E-state index is -3.43. The average molecular weight is 336 g/mol. The summed E-state index contributed by atoms with van der Waals surface area (Å²) in [7, 11) is -3.43. The molecule has 0 aromatic carbocycles. The van der Waals surface area contributed by atoms with Crippen LogP contribution in [0.2, 0.25) is 0 Å². The smallest absolute Gasteiger partial charge is 0.330 e. The van der Waals surface area contributed by atoms with Crippen LogP contribution in [0.3, 0.4) is 0 Å². The standard InChI is InChI=1S/C17H37O4P/c1-4-5-6-7-8-9-10-11-12-13-14-20-15-16-21-22(18,19)17(2)3/h17H,4-16H2,1-3H3,(H,18,19). The van der Waals surface area contributed by atoms with E-state index in [0.717, 1.165) is 13.0 Å². The highest BCUT2D eigenvalue weighted by Crippen LogP contribution is 2.46. The van der Waals surface area contributed by atoms with E-state index in [1.54, 1.807) is 13.8 Å². The second-order valence-corrected chi connectivity index (χ2v) is 8.70. The van der Waals surface area contributed by atoms with E-state index in [2.05, 4.69) is 6.92 Å². The van der Waals surface area contributed by atoms with Crippen molar-refractivity contribution in [3.63, 3.8) is 0 Å². The van der Waals surface area contributed by atoms with Crippen LogP contribution in [0.15, 0.2) is 0 Å². The van der Waals surface area contributed by atoms with Crippen molar-refractivity contribution in [2.24, 2.45) is 0 Å². The molecule has 4 nitrogen and oxygen atoms in total. The van der Waals surface area contributed by atoms with Crippen LogP contribution in [0.5, 0.6) is 0 Å². The van der Waals surface area contributed by atoms with Crippen molar-refractivity contribution in [1.82, 2.24) is 0 Å². The van der Waals surface area contributed by atoms with E-state index in [0.29, 0.717) is 6.61 Å². The van der Waals surface area contributed by atoms with Crippen molar-refractivity contribution < 1.29 is 18.7 Å². The third-order valence-corrected chi connectivity index (χ3v) is 5.66. The van der Waals surface area contributed by atoms with E-state index in [-0.39, 0.29) is 12.3 Å². The van der Waals surface area contributed by atoms with Crippen molar-refractivity contribution in [3.8, 4) is 0 Å². The Labute approximate surface area is 137 Å². The largest absolute Gasteiger partial charge is 0.379 e. The molecule has 0 aliphatic heterocycles. The molecule has 134 valence electrons. The molecule has 1 unspecified atom stereocenters. The highest BCUT2D eigenvalue weighted by atomic mass is 31.2. The summed E-state index contributed by atoms with van der Waals surface area (Å²) < 4.78 is 21.9. The summed E-state index contributed by atoms with van der Waals surface area (Å²) in [4.78, 5) is 9.46. The van der Waals surface area contributed by atoms with Crippen LogP contribution in [0.25, 0.3) is 0 Å². The molecule has 0 spiro atoms. The fourth-order valence-electron chi connectivity index (χ4n) is 2.17. The van der Waals surface area contributed by atoms with Crippen LogP contribution < -0.4 is 0 Å². The summed E-state index contributed by atoms with van der Waals surface area (Å²) in [6, 6.07) is 0. The predicted molar refractivity (Wildman–Crippen MR) is 93.6 cm³/mol. The molecule has 5 heteroatoms.